The van der Waals surface area contributed by atoms with Crippen molar-refractivity contribution >= 4 is 17.3 Å². The van der Waals surface area contributed by atoms with Crippen LogP contribution in [-0.4, -0.2) is 33.3 Å². The summed E-state index contributed by atoms with van der Waals surface area (Å²) in [7, 11) is 0. The van der Waals surface area contributed by atoms with E-state index in [4.69, 9.17) is 10.2 Å². The number of carboxylic acids is 1. The average Bonchev–Trinajstić information content (AvgIpc) is 2.28. The maximum atomic E-state index is 13.4. The van der Waals surface area contributed by atoms with Crippen LogP contribution in [0.25, 0.3) is 0 Å². The Morgan fingerprint density at radius 1 is 1.47 bits per heavy atom. The summed E-state index contributed by atoms with van der Waals surface area (Å²) >= 11 is 0. The lowest BCUT2D eigenvalue weighted by atomic mass is 9.89. The molecule has 0 heterocycles. The molecule has 1 fully saturated rings. The Balaban J connectivity index is 2.35. The number of nitro groups is 1. The SMILES string of the molecule is O=C(O)c1cc(NC2CC(O)C2)c([N+](=O)[O-])cc1F. The van der Waals surface area contributed by atoms with E-state index in [1.54, 1.807) is 0 Å². The molecule has 3 N–H and O–H groups in total. The zero-order valence-corrected chi connectivity index (χ0v) is 9.67. The van der Waals surface area contributed by atoms with Crippen LogP contribution >= 0.6 is 0 Å². The summed E-state index contributed by atoms with van der Waals surface area (Å²) in [6, 6.07) is 1.31. The normalized spacial score (nSPS) is 21.6. The number of aliphatic hydroxyl groups is 1. The highest BCUT2D eigenvalue weighted by atomic mass is 19.1. The van der Waals surface area contributed by atoms with Crippen LogP contribution in [0, 0.1) is 15.9 Å². The number of carboxylic acid groups (broad SMARTS) is 1. The fourth-order valence-electron chi connectivity index (χ4n) is 1.92. The maximum Gasteiger partial charge on any atom is 0.338 e. The summed E-state index contributed by atoms with van der Waals surface area (Å²) < 4.78 is 13.4. The van der Waals surface area contributed by atoms with Crippen molar-refractivity contribution < 1.29 is 24.3 Å². The smallest absolute Gasteiger partial charge is 0.338 e. The fraction of sp³-hybridized carbons (Fsp3) is 0.364. The van der Waals surface area contributed by atoms with Crippen LogP contribution in [-0.2, 0) is 0 Å². The van der Waals surface area contributed by atoms with Crippen molar-refractivity contribution in [1.82, 2.24) is 0 Å². The molecule has 8 heteroatoms. The molecule has 1 aromatic carbocycles. The lowest BCUT2D eigenvalue weighted by Crippen LogP contribution is -2.39. The lowest BCUT2D eigenvalue weighted by molar-refractivity contribution is -0.384. The molecule has 0 radical (unpaired) electrons. The Hall–Kier alpha value is -2.22. The third-order valence-electron chi connectivity index (χ3n) is 2.99. The summed E-state index contributed by atoms with van der Waals surface area (Å²) in [4.78, 5) is 20.8. The molecule has 0 atom stereocenters. The number of nitrogens with zero attached hydrogens (tertiary/aromatic N) is 1. The molecular formula is C11H11FN2O5. The number of aromatic carboxylic acids is 1. The topological polar surface area (TPSA) is 113 Å². The van der Waals surface area contributed by atoms with E-state index in [-0.39, 0.29) is 11.7 Å². The Morgan fingerprint density at radius 3 is 2.58 bits per heavy atom. The van der Waals surface area contributed by atoms with Gasteiger partial charge in [0.05, 0.1) is 22.7 Å². The lowest BCUT2D eigenvalue weighted by Gasteiger charge is -2.32. The van der Waals surface area contributed by atoms with Gasteiger partial charge in [-0.15, -0.1) is 0 Å². The van der Waals surface area contributed by atoms with Gasteiger partial charge in [-0.2, -0.15) is 0 Å². The minimum Gasteiger partial charge on any atom is -0.478 e. The molecule has 1 aliphatic rings. The summed E-state index contributed by atoms with van der Waals surface area (Å²) in [6.45, 7) is 0. The zero-order chi connectivity index (χ0) is 14.2. The second-order valence-electron chi connectivity index (χ2n) is 4.38. The quantitative estimate of drug-likeness (QED) is 0.562. The van der Waals surface area contributed by atoms with Gasteiger partial charge in [0.25, 0.3) is 5.69 Å². The third-order valence-corrected chi connectivity index (χ3v) is 2.99. The van der Waals surface area contributed by atoms with Crippen LogP contribution in [0.4, 0.5) is 15.8 Å². The van der Waals surface area contributed by atoms with Crippen molar-refractivity contribution in [2.24, 2.45) is 0 Å². The Kier molecular flexibility index (Phi) is 3.34. The summed E-state index contributed by atoms with van der Waals surface area (Å²) in [6.07, 6.45) is 0.365. The standard InChI is InChI=1S/C11H11FN2O5/c12-8-4-10(14(18)19)9(3-7(8)11(16)17)13-5-1-6(15)2-5/h3-6,13,15H,1-2H2,(H,16,17). The molecule has 0 bridgehead atoms. The molecule has 0 aliphatic heterocycles. The number of nitro benzene ring substituents is 1. The molecule has 7 nitrogen and oxygen atoms in total. The molecule has 0 amide bonds. The number of rotatable bonds is 4. The zero-order valence-electron chi connectivity index (χ0n) is 9.67. The molecule has 2 rings (SSSR count). The van der Waals surface area contributed by atoms with Crippen molar-refractivity contribution in [3.63, 3.8) is 0 Å². The molecule has 102 valence electrons. The van der Waals surface area contributed by atoms with E-state index in [1.165, 1.54) is 0 Å². The second kappa shape index (κ2) is 4.81. The molecule has 0 saturated heterocycles. The number of benzene rings is 1. The fourth-order valence-corrected chi connectivity index (χ4v) is 1.92. The minimum absolute atomic E-state index is 0.0549. The molecular weight excluding hydrogens is 259 g/mol. The first-order chi connectivity index (χ1) is 8.88. The number of aliphatic hydroxyl groups excluding tert-OH is 1. The third kappa shape index (κ3) is 2.63. The number of halogens is 1. The van der Waals surface area contributed by atoms with E-state index in [0.717, 1.165) is 6.07 Å². The molecule has 19 heavy (non-hydrogen) atoms. The monoisotopic (exact) mass is 270 g/mol. The number of nitrogens with one attached hydrogen (secondary N) is 1. The van der Waals surface area contributed by atoms with Crippen molar-refractivity contribution in [3.05, 3.63) is 33.6 Å². The summed E-state index contributed by atoms with van der Waals surface area (Å²) in [5, 5.41) is 31.5. The molecule has 1 aliphatic carbocycles. The highest BCUT2D eigenvalue weighted by Crippen LogP contribution is 2.32. The molecule has 0 spiro atoms. The van der Waals surface area contributed by atoms with Crippen molar-refractivity contribution in [2.45, 2.75) is 25.0 Å². The number of anilines is 1. The molecule has 0 aromatic heterocycles. The predicted molar refractivity (Wildman–Crippen MR) is 62.7 cm³/mol. The number of hydrogen-bond donors (Lipinski definition) is 3. The predicted octanol–water partition coefficient (Wildman–Crippen LogP) is 1.37. The highest BCUT2D eigenvalue weighted by molar-refractivity contribution is 5.90. The Labute approximate surface area is 106 Å². The van der Waals surface area contributed by atoms with Gasteiger partial charge in [-0.3, -0.25) is 10.1 Å². The van der Waals surface area contributed by atoms with Crippen molar-refractivity contribution in [1.29, 1.82) is 0 Å². The number of hydrogen-bond acceptors (Lipinski definition) is 5. The van der Waals surface area contributed by atoms with Gasteiger partial charge < -0.3 is 15.5 Å². The average molecular weight is 270 g/mol. The van der Waals surface area contributed by atoms with Crippen LogP contribution in [0.5, 0.6) is 0 Å². The van der Waals surface area contributed by atoms with E-state index >= 15 is 0 Å². The molecule has 1 saturated carbocycles. The first kappa shape index (κ1) is 13.2. The van der Waals surface area contributed by atoms with Crippen LogP contribution in [0.3, 0.4) is 0 Å². The largest absolute Gasteiger partial charge is 0.478 e. The Bertz CT molecular complexity index is 542. The van der Waals surface area contributed by atoms with Gasteiger partial charge in [-0.1, -0.05) is 0 Å². The van der Waals surface area contributed by atoms with Crippen LogP contribution in [0.15, 0.2) is 12.1 Å². The van der Waals surface area contributed by atoms with E-state index in [1.807, 2.05) is 0 Å². The Morgan fingerprint density at radius 2 is 2.11 bits per heavy atom. The second-order valence-corrected chi connectivity index (χ2v) is 4.38. The highest BCUT2D eigenvalue weighted by Gasteiger charge is 2.30. The maximum absolute atomic E-state index is 13.4. The molecule has 0 unspecified atom stereocenters. The summed E-state index contributed by atoms with van der Waals surface area (Å²) in [5.41, 5.74) is -1.21. The first-order valence-corrected chi connectivity index (χ1v) is 5.54. The van der Waals surface area contributed by atoms with Gasteiger partial charge in [0.1, 0.15) is 11.5 Å². The van der Waals surface area contributed by atoms with Crippen LogP contribution < -0.4 is 5.32 Å². The van der Waals surface area contributed by atoms with Gasteiger partial charge in [-0.25, -0.2) is 9.18 Å². The van der Waals surface area contributed by atoms with Crippen molar-refractivity contribution in [3.8, 4) is 0 Å². The van der Waals surface area contributed by atoms with Crippen molar-refractivity contribution in [2.75, 3.05) is 5.32 Å². The van der Waals surface area contributed by atoms with Gasteiger partial charge in [-0.05, 0) is 18.9 Å². The van der Waals surface area contributed by atoms with Gasteiger partial charge >= 0.3 is 5.97 Å². The minimum atomic E-state index is -1.50. The van der Waals surface area contributed by atoms with Crippen LogP contribution in [0.1, 0.15) is 23.2 Å². The summed E-state index contributed by atoms with van der Waals surface area (Å²) in [5.74, 6) is -2.65. The first-order valence-electron chi connectivity index (χ1n) is 5.54. The van der Waals surface area contributed by atoms with E-state index in [2.05, 4.69) is 5.32 Å². The van der Waals surface area contributed by atoms with E-state index in [0.29, 0.717) is 18.9 Å². The van der Waals surface area contributed by atoms with Crippen LogP contribution in [0.2, 0.25) is 0 Å². The van der Waals surface area contributed by atoms with Gasteiger partial charge in [0.2, 0.25) is 0 Å². The van der Waals surface area contributed by atoms with Gasteiger partial charge in [0.15, 0.2) is 0 Å². The van der Waals surface area contributed by atoms with E-state index < -0.39 is 34.1 Å². The molecule has 1 aromatic rings. The van der Waals surface area contributed by atoms with E-state index in [9.17, 15) is 19.3 Å². The number of carbonyl (C=O) groups is 1. The van der Waals surface area contributed by atoms with Gasteiger partial charge in [0, 0.05) is 6.04 Å².